The van der Waals surface area contributed by atoms with E-state index in [2.05, 4.69) is 21.8 Å². The Kier molecular flexibility index (Phi) is 5.65. The van der Waals surface area contributed by atoms with Crippen LogP contribution in [0.3, 0.4) is 0 Å². The van der Waals surface area contributed by atoms with Gasteiger partial charge in [0.1, 0.15) is 5.82 Å². The first-order valence-electron chi connectivity index (χ1n) is 8.98. The Balaban J connectivity index is 1.69. The van der Waals surface area contributed by atoms with Gasteiger partial charge in [-0.25, -0.2) is 17.8 Å². The molecule has 7 heteroatoms. The number of aliphatic imine (C=N–C) groups is 1. The molecular weight excluding hydrogens is 353 g/mol. The van der Waals surface area contributed by atoms with Crippen molar-refractivity contribution in [3.8, 4) is 0 Å². The summed E-state index contributed by atoms with van der Waals surface area (Å²) >= 11 is 0. The van der Waals surface area contributed by atoms with Crippen molar-refractivity contribution in [2.24, 2.45) is 10.9 Å². The van der Waals surface area contributed by atoms with Gasteiger partial charge in [-0.2, -0.15) is 0 Å². The molecule has 0 aromatic heterocycles. The van der Waals surface area contributed by atoms with Crippen molar-refractivity contribution in [1.82, 2.24) is 10.2 Å². The zero-order valence-corrected chi connectivity index (χ0v) is 16.0. The maximum absolute atomic E-state index is 13.4. The van der Waals surface area contributed by atoms with Crippen LogP contribution in [0.15, 0.2) is 35.3 Å². The number of hydrogen-bond donors (Lipinski definition) is 1. The second-order valence-electron chi connectivity index (χ2n) is 7.33. The molecule has 2 aliphatic heterocycles. The monoisotopic (exact) mass is 379 g/mol. The second kappa shape index (κ2) is 7.78. The highest BCUT2D eigenvalue weighted by atomic mass is 32.2. The third-order valence-electron chi connectivity index (χ3n) is 4.85. The third-order valence-corrected chi connectivity index (χ3v) is 6.69. The molecule has 1 atom stereocenters. The Labute approximate surface area is 154 Å². The summed E-state index contributed by atoms with van der Waals surface area (Å²) in [6.07, 6.45) is 1.46. The van der Waals surface area contributed by atoms with Crippen LogP contribution in [0, 0.1) is 11.7 Å². The van der Waals surface area contributed by atoms with Crippen LogP contribution in [0.4, 0.5) is 4.39 Å². The predicted octanol–water partition coefficient (Wildman–Crippen LogP) is 2.14. The highest BCUT2D eigenvalue weighted by Gasteiger charge is 2.28. The Morgan fingerprint density at radius 1 is 1.42 bits per heavy atom. The van der Waals surface area contributed by atoms with Crippen molar-refractivity contribution < 1.29 is 12.8 Å². The van der Waals surface area contributed by atoms with E-state index in [1.807, 2.05) is 13.0 Å². The van der Waals surface area contributed by atoms with E-state index < -0.39 is 9.84 Å². The molecule has 2 heterocycles. The molecule has 0 spiro atoms. The molecule has 26 heavy (non-hydrogen) atoms. The smallest absolute Gasteiger partial charge is 0.194 e. The van der Waals surface area contributed by atoms with Gasteiger partial charge in [-0.3, -0.25) is 0 Å². The van der Waals surface area contributed by atoms with Gasteiger partial charge in [-0.1, -0.05) is 18.2 Å². The minimum absolute atomic E-state index is 0.126. The van der Waals surface area contributed by atoms with Crippen LogP contribution >= 0.6 is 0 Å². The lowest BCUT2D eigenvalue weighted by Crippen LogP contribution is -2.45. The number of guanidine groups is 1. The number of nitrogens with zero attached hydrogens (tertiary/aromatic N) is 2. The number of benzene rings is 1. The number of sulfone groups is 1. The maximum Gasteiger partial charge on any atom is 0.194 e. The van der Waals surface area contributed by atoms with Crippen molar-refractivity contribution >= 4 is 15.8 Å². The molecule has 0 aliphatic carbocycles. The molecule has 2 aliphatic rings. The average Bonchev–Trinajstić information content (AvgIpc) is 2.93. The molecular formula is C19H26FN3O2S. The first-order valence-corrected chi connectivity index (χ1v) is 10.8. The molecule has 0 amide bonds. The van der Waals surface area contributed by atoms with E-state index in [9.17, 15) is 12.8 Å². The Morgan fingerprint density at radius 3 is 2.92 bits per heavy atom. The van der Waals surface area contributed by atoms with E-state index >= 15 is 0 Å². The summed E-state index contributed by atoms with van der Waals surface area (Å²) in [5.41, 5.74) is 3.11. The lowest BCUT2D eigenvalue weighted by atomic mass is 10.00. The van der Waals surface area contributed by atoms with Crippen LogP contribution in [0.25, 0.3) is 0 Å². The SMILES string of the molecule is C=C(C)CN=C(NCC1CCS(=O)(=O)C1)N1CCc2cc(F)ccc2C1. The number of nitrogens with one attached hydrogen (secondary N) is 1. The normalized spacial score (nSPS) is 22.2. The largest absolute Gasteiger partial charge is 0.356 e. The van der Waals surface area contributed by atoms with E-state index in [0.29, 0.717) is 26.1 Å². The summed E-state index contributed by atoms with van der Waals surface area (Å²) in [6, 6.07) is 4.93. The second-order valence-corrected chi connectivity index (χ2v) is 9.56. The van der Waals surface area contributed by atoms with Gasteiger partial charge in [0.05, 0.1) is 18.1 Å². The summed E-state index contributed by atoms with van der Waals surface area (Å²) in [6.45, 7) is 8.37. The summed E-state index contributed by atoms with van der Waals surface area (Å²) in [4.78, 5) is 6.79. The van der Waals surface area contributed by atoms with Gasteiger partial charge in [-0.15, -0.1) is 0 Å². The maximum atomic E-state index is 13.4. The molecule has 0 radical (unpaired) electrons. The number of halogens is 1. The number of rotatable bonds is 4. The van der Waals surface area contributed by atoms with Crippen LogP contribution in [0.5, 0.6) is 0 Å². The molecule has 1 fully saturated rings. The highest BCUT2D eigenvalue weighted by Crippen LogP contribution is 2.21. The topological polar surface area (TPSA) is 61.8 Å². The van der Waals surface area contributed by atoms with E-state index in [1.165, 1.54) is 6.07 Å². The summed E-state index contributed by atoms with van der Waals surface area (Å²) in [5, 5.41) is 3.36. The van der Waals surface area contributed by atoms with Crippen LogP contribution < -0.4 is 5.32 Å². The lowest BCUT2D eigenvalue weighted by molar-refractivity contribution is 0.373. The van der Waals surface area contributed by atoms with Crippen molar-refractivity contribution in [1.29, 1.82) is 0 Å². The first-order chi connectivity index (χ1) is 12.3. The van der Waals surface area contributed by atoms with Gasteiger partial charge in [-0.05, 0) is 48.9 Å². The fourth-order valence-electron chi connectivity index (χ4n) is 3.45. The third kappa shape index (κ3) is 4.84. The Hall–Kier alpha value is -1.89. The summed E-state index contributed by atoms with van der Waals surface area (Å²) in [7, 11) is -2.88. The summed E-state index contributed by atoms with van der Waals surface area (Å²) in [5.74, 6) is 1.22. The number of fused-ring (bicyclic) bond motifs is 1. The van der Waals surface area contributed by atoms with Gasteiger partial charge >= 0.3 is 0 Å². The van der Waals surface area contributed by atoms with E-state index in [-0.39, 0.29) is 23.2 Å². The average molecular weight is 380 g/mol. The fourth-order valence-corrected chi connectivity index (χ4v) is 5.31. The van der Waals surface area contributed by atoms with Crippen molar-refractivity contribution in [2.75, 3.05) is 31.1 Å². The van der Waals surface area contributed by atoms with Crippen LogP contribution in [-0.2, 0) is 22.8 Å². The van der Waals surface area contributed by atoms with Gasteiger partial charge in [0.25, 0.3) is 0 Å². The van der Waals surface area contributed by atoms with Crippen LogP contribution in [-0.4, -0.2) is 50.4 Å². The Bertz CT molecular complexity index is 820. The Morgan fingerprint density at radius 2 is 2.23 bits per heavy atom. The standard InChI is InChI=1S/C19H26FN3O2S/c1-14(2)10-21-19(22-11-15-6-8-26(24,25)13-15)23-7-5-16-9-18(20)4-3-17(16)12-23/h3-4,9,15H,1,5-8,10-13H2,2H3,(H,21,22). The number of hydrogen-bond acceptors (Lipinski definition) is 3. The first kappa shape index (κ1) is 18.9. The molecule has 1 N–H and O–H groups in total. The zero-order valence-electron chi connectivity index (χ0n) is 15.2. The van der Waals surface area contributed by atoms with Crippen LogP contribution in [0.2, 0.25) is 0 Å². The molecule has 1 unspecified atom stereocenters. The minimum atomic E-state index is -2.88. The van der Waals surface area contributed by atoms with E-state index in [0.717, 1.165) is 35.6 Å². The molecule has 5 nitrogen and oxygen atoms in total. The van der Waals surface area contributed by atoms with Crippen molar-refractivity contribution in [3.63, 3.8) is 0 Å². The fraction of sp³-hybridized carbons (Fsp3) is 0.526. The quantitative estimate of drug-likeness (QED) is 0.495. The van der Waals surface area contributed by atoms with Gasteiger partial charge in [0.15, 0.2) is 15.8 Å². The predicted molar refractivity (Wildman–Crippen MR) is 102 cm³/mol. The molecule has 1 aromatic rings. The minimum Gasteiger partial charge on any atom is -0.356 e. The zero-order chi connectivity index (χ0) is 18.7. The molecule has 1 aromatic carbocycles. The van der Waals surface area contributed by atoms with E-state index in [4.69, 9.17) is 0 Å². The molecule has 0 bridgehead atoms. The van der Waals surface area contributed by atoms with Gasteiger partial charge in [0, 0.05) is 19.6 Å². The lowest BCUT2D eigenvalue weighted by Gasteiger charge is -2.32. The van der Waals surface area contributed by atoms with Crippen molar-refractivity contribution in [2.45, 2.75) is 26.3 Å². The highest BCUT2D eigenvalue weighted by molar-refractivity contribution is 7.91. The van der Waals surface area contributed by atoms with E-state index in [1.54, 1.807) is 6.07 Å². The molecule has 3 rings (SSSR count). The van der Waals surface area contributed by atoms with Crippen molar-refractivity contribution in [3.05, 3.63) is 47.3 Å². The molecule has 142 valence electrons. The van der Waals surface area contributed by atoms with Gasteiger partial charge in [0.2, 0.25) is 0 Å². The molecule has 0 saturated carbocycles. The van der Waals surface area contributed by atoms with Crippen LogP contribution in [0.1, 0.15) is 24.5 Å². The summed E-state index contributed by atoms with van der Waals surface area (Å²) < 4.78 is 36.7. The molecule has 1 saturated heterocycles. The van der Waals surface area contributed by atoms with Gasteiger partial charge < -0.3 is 10.2 Å².